The Kier molecular flexibility index (Phi) is 4.46. The number of carbonyl (C=O) groups excluding carboxylic acids is 1. The van der Waals surface area contributed by atoms with Crippen LogP contribution < -0.4 is 10.6 Å². The van der Waals surface area contributed by atoms with Gasteiger partial charge < -0.3 is 14.5 Å². The SMILES string of the molecule is COC(=O)Nc1cccc(NCc2ccc(Br)o2)c1. The monoisotopic (exact) mass is 324 g/mol. The van der Waals surface area contributed by atoms with Gasteiger partial charge in [0, 0.05) is 11.4 Å². The van der Waals surface area contributed by atoms with E-state index in [1.807, 2.05) is 30.3 Å². The molecule has 0 unspecified atom stereocenters. The molecule has 0 fully saturated rings. The molecular weight excluding hydrogens is 312 g/mol. The zero-order chi connectivity index (χ0) is 13.7. The van der Waals surface area contributed by atoms with E-state index in [0.29, 0.717) is 16.9 Å². The number of amides is 1. The highest BCUT2D eigenvalue weighted by Crippen LogP contribution is 2.18. The van der Waals surface area contributed by atoms with Gasteiger partial charge in [0.05, 0.1) is 13.7 Å². The van der Waals surface area contributed by atoms with Gasteiger partial charge in [-0.05, 0) is 46.3 Å². The van der Waals surface area contributed by atoms with Gasteiger partial charge in [0.15, 0.2) is 4.67 Å². The number of anilines is 2. The van der Waals surface area contributed by atoms with Crippen LogP contribution in [0.2, 0.25) is 0 Å². The van der Waals surface area contributed by atoms with Gasteiger partial charge in [0.25, 0.3) is 0 Å². The van der Waals surface area contributed by atoms with E-state index in [-0.39, 0.29) is 0 Å². The third-order valence-electron chi connectivity index (χ3n) is 2.39. The normalized spacial score (nSPS) is 10.0. The van der Waals surface area contributed by atoms with Crippen molar-refractivity contribution in [3.8, 4) is 0 Å². The van der Waals surface area contributed by atoms with E-state index in [1.54, 1.807) is 6.07 Å². The summed E-state index contributed by atoms with van der Waals surface area (Å²) in [6, 6.07) is 11.1. The summed E-state index contributed by atoms with van der Waals surface area (Å²) in [6.07, 6.45) is -0.493. The van der Waals surface area contributed by atoms with Gasteiger partial charge >= 0.3 is 6.09 Å². The summed E-state index contributed by atoms with van der Waals surface area (Å²) in [5.74, 6) is 0.818. The number of hydrogen-bond acceptors (Lipinski definition) is 4. The Bertz CT molecular complexity index is 569. The summed E-state index contributed by atoms with van der Waals surface area (Å²) in [7, 11) is 1.33. The lowest BCUT2D eigenvalue weighted by molar-refractivity contribution is 0.187. The molecule has 1 aromatic heterocycles. The molecular formula is C13H13BrN2O3. The zero-order valence-corrected chi connectivity index (χ0v) is 11.9. The topological polar surface area (TPSA) is 63.5 Å². The Balaban J connectivity index is 1.97. The summed E-state index contributed by atoms with van der Waals surface area (Å²) in [5.41, 5.74) is 1.54. The summed E-state index contributed by atoms with van der Waals surface area (Å²) in [4.78, 5) is 11.1. The van der Waals surface area contributed by atoms with Crippen LogP contribution in [0.1, 0.15) is 5.76 Å². The molecule has 19 heavy (non-hydrogen) atoms. The number of carbonyl (C=O) groups is 1. The molecule has 1 amide bonds. The van der Waals surface area contributed by atoms with Crippen molar-refractivity contribution in [3.05, 3.63) is 46.8 Å². The highest BCUT2D eigenvalue weighted by atomic mass is 79.9. The molecule has 0 aliphatic heterocycles. The minimum Gasteiger partial charge on any atom is -0.453 e. The van der Waals surface area contributed by atoms with E-state index >= 15 is 0 Å². The summed E-state index contributed by atoms with van der Waals surface area (Å²) < 4.78 is 10.6. The number of furan rings is 1. The van der Waals surface area contributed by atoms with Gasteiger partial charge in [0.1, 0.15) is 5.76 Å². The minimum atomic E-state index is -0.493. The van der Waals surface area contributed by atoms with Gasteiger partial charge in [0.2, 0.25) is 0 Å². The Hall–Kier alpha value is -1.95. The molecule has 0 aliphatic carbocycles. The fraction of sp³-hybridized carbons (Fsp3) is 0.154. The average molecular weight is 325 g/mol. The number of benzene rings is 1. The maximum absolute atomic E-state index is 11.1. The van der Waals surface area contributed by atoms with Gasteiger partial charge in [-0.15, -0.1) is 0 Å². The molecule has 5 nitrogen and oxygen atoms in total. The highest BCUT2D eigenvalue weighted by Gasteiger charge is 2.02. The van der Waals surface area contributed by atoms with Crippen LogP contribution >= 0.6 is 15.9 Å². The van der Waals surface area contributed by atoms with Crippen LogP contribution in [0.4, 0.5) is 16.2 Å². The number of nitrogens with one attached hydrogen (secondary N) is 2. The number of ether oxygens (including phenoxy) is 1. The molecule has 2 aromatic rings. The number of halogens is 1. The van der Waals surface area contributed by atoms with Gasteiger partial charge in [-0.3, -0.25) is 5.32 Å². The van der Waals surface area contributed by atoms with E-state index in [1.165, 1.54) is 7.11 Å². The van der Waals surface area contributed by atoms with Gasteiger partial charge in [-0.1, -0.05) is 6.07 Å². The lowest BCUT2D eigenvalue weighted by atomic mass is 10.2. The molecule has 0 atom stereocenters. The average Bonchev–Trinajstić information content (AvgIpc) is 2.82. The summed E-state index contributed by atoms with van der Waals surface area (Å²) in [5, 5.41) is 5.80. The predicted molar refractivity (Wildman–Crippen MR) is 76.2 cm³/mol. The smallest absolute Gasteiger partial charge is 0.411 e. The second kappa shape index (κ2) is 6.29. The summed E-state index contributed by atoms with van der Waals surface area (Å²) >= 11 is 3.25. The Morgan fingerprint density at radius 1 is 1.32 bits per heavy atom. The predicted octanol–water partition coefficient (Wildman–Crippen LogP) is 3.83. The van der Waals surface area contributed by atoms with Crippen molar-refractivity contribution < 1.29 is 13.9 Å². The molecule has 100 valence electrons. The first-order chi connectivity index (χ1) is 9.17. The maximum Gasteiger partial charge on any atom is 0.411 e. The Labute approximate surface area is 119 Å². The Morgan fingerprint density at radius 2 is 2.11 bits per heavy atom. The van der Waals surface area contributed by atoms with Crippen molar-refractivity contribution in [2.45, 2.75) is 6.54 Å². The quantitative estimate of drug-likeness (QED) is 0.897. The van der Waals surface area contributed by atoms with Crippen LogP contribution in [0.25, 0.3) is 0 Å². The zero-order valence-electron chi connectivity index (χ0n) is 10.3. The second-order valence-electron chi connectivity index (χ2n) is 3.76. The molecule has 0 spiro atoms. The molecule has 1 heterocycles. The molecule has 0 bridgehead atoms. The van der Waals surface area contributed by atoms with Crippen molar-refractivity contribution in [1.82, 2.24) is 0 Å². The molecule has 1 aromatic carbocycles. The molecule has 0 saturated carbocycles. The third kappa shape index (κ3) is 4.03. The number of rotatable bonds is 4. The maximum atomic E-state index is 11.1. The fourth-order valence-electron chi connectivity index (χ4n) is 1.51. The van der Waals surface area contributed by atoms with Crippen molar-refractivity contribution in [2.24, 2.45) is 0 Å². The molecule has 6 heteroatoms. The van der Waals surface area contributed by atoms with Crippen LogP contribution in [-0.4, -0.2) is 13.2 Å². The minimum absolute atomic E-state index is 0.493. The molecule has 0 radical (unpaired) electrons. The van der Waals surface area contributed by atoms with E-state index in [4.69, 9.17) is 4.42 Å². The first kappa shape index (κ1) is 13.5. The molecule has 0 aliphatic rings. The van der Waals surface area contributed by atoms with Gasteiger partial charge in [-0.25, -0.2) is 4.79 Å². The van der Waals surface area contributed by atoms with Gasteiger partial charge in [-0.2, -0.15) is 0 Å². The first-order valence-corrected chi connectivity index (χ1v) is 6.40. The lowest BCUT2D eigenvalue weighted by Gasteiger charge is -2.08. The van der Waals surface area contributed by atoms with Crippen LogP contribution in [-0.2, 0) is 11.3 Å². The molecule has 0 saturated heterocycles. The fourth-order valence-corrected chi connectivity index (χ4v) is 1.85. The van der Waals surface area contributed by atoms with Crippen molar-refractivity contribution in [1.29, 1.82) is 0 Å². The first-order valence-electron chi connectivity index (χ1n) is 5.60. The number of hydrogen-bond donors (Lipinski definition) is 2. The van der Waals surface area contributed by atoms with Crippen molar-refractivity contribution in [3.63, 3.8) is 0 Å². The summed E-state index contributed by atoms with van der Waals surface area (Å²) in [6.45, 7) is 0.563. The largest absolute Gasteiger partial charge is 0.453 e. The van der Waals surface area contributed by atoms with Crippen LogP contribution in [0.15, 0.2) is 45.5 Å². The Morgan fingerprint density at radius 3 is 2.79 bits per heavy atom. The molecule has 2 rings (SSSR count). The van der Waals surface area contributed by atoms with Crippen LogP contribution in [0.5, 0.6) is 0 Å². The van der Waals surface area contributed by atoms with E-state index in [2.05, 4.69) is 31.3 Å². The molecule has 2 N–H and O–H groups in total. The second-order valence-corrected chi connectivity index (χ2v) is 4.54. The van der Waals surface area contributed by atoms with Crippen LogP contribution in [0, 0.1) is 0 Å². The third-order valence-corrected chi connectivity index (χ3v) is 2.82. The van der Waals surface area contributed by atoms with E-state index in [9.17, 15) is 4.79 Å². The number of methoxy groups -OCH3 is 1. The van der Waals surface area contributed by atoms with E-state index in [0.717, 1.165) is 11.4 Å². The van der Waals surface area contributed by atoms with Crippen molar-refractivity contribution >= 4 is 33.4 Å². The van der Waals surface area contributed by atoms with Crippen LogP contribution in [0.3, 0.4) is 0 Å². The lowest BCUT2D eigenvalue weighted by Crippen LogP contribution is -2.11. The van der Waals surface area contributed by atoms with Crippen molar-refractivity contribution in [2.75, 3.05) is 17.7 Å². The van der Waals surface area contributed by atoms with E-state index < -0.39 is 6.09 Å². The standard InChI is InChI=1S/C13H13BrN2O3/c1-18-13(17)16-10-4-2-3-9(7-10)15-8-11-5-6-12(14)19-11/h2-7,15H,8H2,1H3,(H,16,17). The highest BCUT2D eigenvalue weighted by molar-refractivity contribution is 9.10.